The molecule has 0 fully saturated rings. The average molecular weight is 250 g/mol. The molecule has 1 heterocycles. The Labute approximate surface area is 109 Å². The summed E-state index contributed by atoms with van der Waals surface area (Å²) in [4.78, 5) is 24.6. The van der Waals surface area contributed by atoms with E-state index < -0.39 is 0 Å². The van der Waals surface area contributed by atoms with Gasteiger partial charge in [-0.25, -0.2) is 9.97 Å². The molecule has 0 radical (unpaired) electrons. The van der Waals surface area contributed by atoms with E-state index in [0.717, 1.165) is 12.2 Å². The molecule has 0 spiro atoms. The Kier molecular flexibility index (Phi) is 5.22. The van der Waals surface area contributed by atoms with E-state index >= 15 is 0 Å². The summed E-state index contributed by atoms with van der Waals surface area (Å²) in [5.41, 5.74) is 1.31. The van der Waals surface area contributed by atoms with Crippen molar-refractivity contribution in [2.75, 3.05) is 33.7 Å². The number of carbonyl (C=O) groups excluding carboxylic acids is 1. The number of carbonyl (C=O) groups is 1. The molecule has 0 aliphatic carbocycles. The lowest BCUT2D eigenvalue weighted by atomic mass is 10.3. The molecule has 0 atom stereocenters. The highest BCUT2D eigenvalue weighted by atomic mass is 16.2. The Hall–Kier alpha value is -1.49. The standard InChI is InChI=1S/C13H22N4O/c1-6-17(8-7-16(4)5)13(18)12-9-10(2)14-11(3)15-12/h9H,6-8H2,1-5H3. The van der Waals surface area contributed by atoms with Gasteiger partial charge in [-0.2, -0.15) is 0 Å². The van der Waals surface area contributed by atoms with E-state index in [2.05, 4.69) is 14.9 Å². The van der Waals surface area contributed by atoms with Crippen molar-refractivity contribution >= 4 is 5.91 Å². The zero-order valence-electron chi connectivity index (χ0n) is 11.9. The van der Waals surface area contributed by atoms with Gasteiger partial charge in [-0.3, -0.25) is 4.79 Å². The number of rotatable bonds is 5. The van der Waals surface area contributed by atoms with E-state index in [1.54, 1.807) is 17.9 Å². The number of aromatic nitrogens is 2. The molecule has 0 saturated heterocycles. The Balaban J connectivity index is 2.82. The quantitative estimate of drug-likeness (QED) is 0.785. The van der Waals surface area contributed by atoms with Crippen LogP contribution in [0.15, 0.2) is 6.07 Å². The fourth-order valence-electron chi connectivity index (χ4n) is 1.71. The number of amides is 1. The molecule has 0 aliphatic rings. The summed E-state index contributed by atoms with van der Waals surface area (Å²) in [5.74, 6) is 0.620. The van der Waals surface area contributed by atoms with Gasteiger partial charge in [0.1, 0.15) is 11.5 Å². The topological polar surface area (TPSA) is 49.3 Å². The lowest BCUT2D eigenvalue weighted by molar-refractivity contribution is 0.0747. The number of hydrogen-bond donors (Lipinski definition) is 0. The number of aryl methyl sites for hydroxylation is 2. The first-order chi connectivity index (χ1) is 8.43. The Bertz CT molecular complexity index is 397. The Morgan fingerprint density at radius 2 is 1.89 bits per heavy atom. The summed E-state index contributed by atoms with van der Waals surface area (Å²) in [6.07, 6.45) is 0. The van der Waals surface area contributed by atoms with Crippen LogP contribution in [0.25, 0.3) is 0 Å². The second kappa shape index (κ2) is 6.44. The third-order valence-corrected chi connectivity index (χ3v) is 2.67. The lowest BCUT2D eigenvalue weighted by Gasteiger charge is -2.22. The van der Waals surface area contributed by atoms with Gasteiger partial charge < -0.3 is 9.80 Å². The van der Waals surface area contributed by atoms with Crippen LogP contribution in [0.3, 0.4) is 0 Å². The van der Waals surface area contributed by atoms with Gasteiger partial charge in [0.15, 0.2) is 0 Å². The molecular weight excluding hydrogens is 228 g/mol. The van der Waals surface area contributed by atoms with Gasteiger partial charge in [0, 0.05) is 25.3 Å². The largest absolute Gasteiger partial charge is 0.336 e. The molecule has 100 valence electrons. The fourth-order valence-corrected chi connectivity index (χ4v) is 1.71. The zero-order valence-corrected chi connectivity index (χ0v) is 11.9. The predicted octanol–water partition coefficient (Wildman–Crippen LogP) is 1.12. The monoisotopic (exact) mass is 250 g/mol. The third kappa shape index (κ3) is 4.07. The Morgan fingerprint density at radius 3 is 2.39 bits per heavy atom. The van der Waals surface area contributed by atoms with Crippen molar-refractivity contribution in [2.45, 2.75) is 20.8 Å². The minimum atomic E-state index is -0.0204. The molecule has 1 amide bonds. The second-order valence-electron chi connectivity index (χ2n) is 4.63. The van der Waals surface area contributed by atoms with E-state index in [1.165, 1.54) is 0 Å². The molecule has 0 unspecified atom stereocenters. The van der Waals surface area contributed by atoms with E-state index in [9.17, 15) is 4.79 Å². The highest BCUT2D eigenvalue weighted by molar-refractivity contribution is 5.92. The normalized spacial score (nSPS) is 10.8. The van der Waals surface area contributed by atoms with Crippen molar-refractivity contribution in [3.8, 4) is 0 Å². The average Bonchev–Trinajstić information content (AvgIpc) is 2.27. The van der Waals surface area contributed by atoms with E-state index in [-0.39, 0.29) is 5.91 Å². The maximum Gasteiger partial charge on any atom is 0.272 e. The van der Waals surface area contributed by atoms with Crippen molar-refractivity contribution in [1.82, 2.24) is 19.8 Å². The summed E-state index contributed by atoms with van der Waals surface area (Å²) < 4.78 is 0. The molecule has 1 aromatic heterocycles. The predicted molar refractivity (Wildman–Crippen MR) is 71.6 cm³/mol. The van der Waals surface area contributed by atoms with Gasteiger partial charge in [-0.05, 0) is 40.9 Å². The molecule has 1 rings (SSSR count). The van der Waals surface area contributed by atoms with Gasteiger partial charge in [0.2, 0.25) is 0 Å². The molecule has 0 bridgehead atoms. The molecule has 0 aromatic carbocycles. The van der Waals surface area contributed by atoms with Crippen molar-refractivity contribution in [2.24, 2.45) is 0 Å². The first-order valence-corrected chi connectivity index (χ1v) is 6.20. The third-order valence-electron chi connectivity index (χ3n) is 2.67. The molecule has 0 aliphatic heterocycles. The van der Waals surface area contributed by atoms with Gasteiger partial charge in [0.25, 0.3) is 5.91 Å². The lowest BCUT2D eigenvalue weighted by Crippen LogP contribution is -2.37. The SMILES string of the molecule is CCN(CCN(C)C)C(=O)c1cc(C)nc(C)n1. The van der Waals surface area contributed by atoms with Gasteiger partial charge in [-0.1, -0.05) is 0 Å². The maximum atomic E-state index is 12.3. The summed E-state index contributed by atoms with van der Waals surface area (Å²) >= 11 is 0. The second-order valence-corrected chi connectivity index (χ2v) is 4.63. The van der Waals surface area contributed by atoms with Crippen LogP contribution in [-0.2, 0) is 0 Å². The fraction of sp³-hybridized carbons (Fsp3) is 0.615. The number of likely N-dealkylation sites (N-methyl/N-ethyl adjacent to an activating group) is 2. The van der Waals surface area contributed by atoms with Crippen LogP contribution < -0.4 is 0 Å². The van der Waals surface area contributed by atoms with Gasteiger partial charge in [-0.15, -0.1) is 0 Å². The minimum Gasteiger partial charge on any atom is -0.336 e. The maximum absolute atomic E-state index is 12.3. The minimum absolute atomic E-state index is 0.0204. The summed E-state index contributed by atoms with van der Waals surface area (Å²) in [6, 6.07) is 1.74. The van der Waals surface area contributed by atoms with Crippen LogP contribution in [0.4, 0.5) is 0 Å². The van der Waals surface area contributed by atoms with Crippen molar-refractivity contribution in [3.05, 3.63) is 23.3 Å². The Morgan fingerprint density at radius 1 is 1.22 bits per heavy atom. The van der Waals surface area contributed by atoms with E-state index in [4.69, 9.17) is 0 Å². The van der Waals surface area contributed by atoms with Crippen LogP contribution in [-0.4, -0.2) is 59.4 Å². The zero-order chi connectivity index (χ0) is 13.7. The first kappa shape index (κ1) is 14.6. The molecule has 5 nitrogen and oxygen atoms in total. The van der Waals surface area contributed by atoms with Crippen molar-refractivity contribution in [3.63, 3.8) is 0 Å². The molecule has 0 N–H and O–H groups in total. The molecular formula is C13H22N4O. The van der Waals surface area contributed by atoms with Crippen molar-refractivity contribution in [1.29, 1.82) is 0 Å². The van der Waals surface area contributed by atoms with Crippen LogP contribution in [0.5, 0.6) is 0 Å². The van der Waals surface area contributed by atoms with Crippen LogP contribution in [0, 0.1) is 13.8 Å². The summed E-state index contributed by atoms with van der Waals surface area (Å²) in [7, 11) is 3.99. The van der Waals surface area contributed by atoms with Gasteiger partial charge >= 0.3 is 0 Å². The summed E-state index contributed by atoms with van der Waals surface area (Å²) in [5, 5.41) is 0. The van der Waals surface area contributed by atoms with E-state index in [1.807, 2.05) is 27.9 Å². The molecule has 0 saturated carbocycles. The summed E-state index contributed by atoms with van der Waals surface area (Å²) in [6.45, 7) is 7.91. The first-order valence-electron chi connectivity index (χ1n) is 6.20. The molecule has 5 heteroatoms. The van der Waals surface area contributed by atoms with Crippen LogP contribution >= 0.6 is 0 Å². The smallest absolute Gasteiger partial charge is 0.272 e. The van der Waals surface area contributed by atoms with Gasteiger partial charge in [0.05, 0.1) is 0 Å². The van der Waals surface area contributed by atoms with Crippen LogP contribution in [0.2, 0.25) is 0 Å². The van der Waals surface area contributed by atoms with Crippen LogP contribution in [0.1, 0.15) is 28.9 Å². The number of nitrogens with zero attached hydrogens (tertiary/aromatic N) is 4. The molecule has 18 heavy (non-hydrogen) atoms. The molecule has 1 aromatic rings. The van der Waals surface area contributed by atoms with Crippen molar-refractivity contribution < 1.29 is 4.79 Å². The highest BCUT2D eigenvalue weighted by Gasteiger charge is 2.16. The van der Waals surface area contributed by atoms with E-state index in [0.29, 0.717) is 24.6 Å². The number of hydrogen-bond acceptors (Lipinski definition) is 4. The highest BCUT2D eigenvalue weighted by Crippen LogP contribution is 2.05.